The minimum Gasteiger partial charge on any atom is -0.481 e. The second-order valence-electron chi connectivity index (χ2n) is 7.12. The van der Waals surface area contributed by atoms with Crippen LogP contribution in [0.2, 0.25) is 0 Å². The zero-order valence-corrected chi connectivity index (χ0v) is 17.2. The van der Waals surface area contributed by atoms with E-state index >= 15 is 0 Å². The topological polar surface area (TPSA) is 104 Å². The Labute approximate surface area is 181 Å². The molecule has 0 saturated carbocycles. The van der Waals surface area contributed by atoms with Gasteiger partial charge < -0.3 is 15.7 Å². The Morgan fingerprint density at radius 2 is 1.65 bits per heavy atom. The van der Waals surface area contributed by atoms with Crippen LogP contribution in [0.1, 0.15) is 34.5 Å². The normalized spacial score (nSPS) is 11.6. The van der Waals surface area contributed by atoms with E-state index in [1.807, 2.05) is 48.5 Å². The Morgan fingerprint density at radius 1 is 0.903 bits per heavy atom. The molecular weight excluding hydrogens is 392 g/mol. The summed E-state index contributed by atoms with van der Waals surface area (Å²) in [6, 6.07) is 18.4. The van der Waals surface area contributed by atoms with E-state index in [-0.39, 0.29) is 12.2 Å². The van der Waals surface area contributed by atoms with E-state index in [1.165, 1.54) is 0 Å². The maximum Gasteiger partial charge on any atom is 0.314 e. The van der Waals surface area contributed by atoms with Gasteiger partial charge in [-0.15, -0.1) is 0 Å². The van der Waals surface area contributed by atoms with E-state index in [9.17, 15) is 14.7 Å². The number of anilines is 1. The average molecular weight is 418 g/mol. The number of aliphatic carboxylic acids is 1. The number of Topliss-reactive ketones (excluding diaryl/α,β-unsaturated/α-hetero) is 1. The number of benzene rings is 1. The van der Waals surface area contributed by atoms with E-state index in [0.717, 1.165) is 17.1 Å². The van der Waals surface area contributed by atoms with Gasteiger partial charge in [-0.3, -0.25) is 14.6 Å². The van der Waals surface area contributed by atoms with Crippen LogP contribution in [0.4, 0.5) is 5.82 Å². The zero-order chi connectivity index (χ0) is 21.9. The molecule has 0 aliphatic carbocycles. The number of carbonyl (C=O) groups is 2. The predicted molar refractivity (Wildman–Crippen MR) is 119 cm³/mol. The highest BCUT2D eigenvalue weighted by atomic mass is 16.4. The second kappa shape index (κ2) is 11.6. The molecule has 0 fully saturated rings. The Balaban J connectivity index is 1.58. The van der Waals surface area contributed by atoms with Crippen LogP contribution in [-0.2, 0) is 17.9 Å². The summed E-state index contributed by atoms with van der Waals surface area (Å²) in [5.74, 6) is -1.81. The van der Waals surface area contributed by atoms with E-state index in [4.69, 9.17) is 0 Å². The molecule has 0 bridgehead atoms. The summed E-state index contributed by atoms with van der Waals surface area (Å²) in [7, 11) is 0. The Kier molecular flexibility index (Phi) is 8.25. The van der Waals surface area contributed by atoms with E-state index in [2.05, 4.69) is 20.6 Å². The molecule has 0 amide bonds. The number of nitrogens with one attached hydrogen (secondary N) is 2. The van der Waals surface area contributed by atoms with Crippen LogP contribution in [0.25, 0.3) is 0 Å². The molecule has 3 aromatic rings. The van der Waals surface area contributed by atoms with Crippen LogP contribution in [0.3, 0.4) is 0 Å². The van der Waals surface area contributed by atoms with Crippen molar-refractivity contribution in [1.29, 1.82) is 0 Å². The minimum atomic E-state index is -1.10. The van der Waals surface area contributed by atoms with Gasteiger partial charge in [0.05, 0.1) is 5.69 Å². The van der Waals surface area contributed by atoms with Crippen LogP contribution < -0.4 is 10.6 Å². The minimum absolute atomic E-state index is 0.254. The third kappa shape index (κ3) is 6.72. The van der Waals surface area contributed by atoms with E-state index in [0.29, 0.717) is 31.6 Å². The molecular formula is C24H26N4O3. The van der Waals surface area contributed by atoms with E-state index in [1.54, 1.807) is 24.5 Å². The summed E-state index contributed by atoms with van der Waals surface area (Å²) >= 11 is 0. The van der Waals surface area contributed by atoms with Crippen LogP contribution in [0.5, 0.6) is 0 Å². The van der Waals surface area contributed by atoms with Crippen molar-refractivity contribution in [2.45, 2.75) is 25.9 Å². The van der Waals surface area contributed by atoms with Crippen molar-refractivity contribution in [2.24, 2.45) is 5.92 Å². The predicted octanol–water partition coefficient (Wildman–Crippen LogP) is 3.54. The lowest BCUT2D eigenvalue weighted by Crippen LogP contribution is -2.26. The van der Waals surface area contributed by atoms with E-state index < -0.39 is 11.9 Å². The first kappa shape index (κ1) is 22.1. The van der Waals surface area contributed by atoms with Crippen LogP contribution >= 0.6 is 0 Å². The first-order chi connectivity index (χ1) is 15.1. The number of hydrogen-bond donors (Lipinski definition) is 3. The molecule has 1 aromatic carbocycles. The molecule has 31 heavy (non-hydrogen) atoms. The molecule has 160 valence electrons. The maximum absolute atomic E-state index is 13.1. The second-order valence-corrected chi connectivity index (χ2v) is 7.12. The van der Waals surface area contributed by atoms with Gasteiger partial charge in [-0.1, -0.05) is 36.4 Å². The van der Waals surface area contributed by atoms with Gasteiger partial charge in [0, 0.05) is 37.6 Å². The molecule has 3 N–H and O–H groups in total. The highest BCUT2D eigenvalue weighted by molar-refractivity contribution is 6.08. The fraction of sp³-hybridized carbons (Fsp3) is 0.250. The molecule has 0 aliphatic heterocycles. The molecule has 0 saturated heterocycles. The summed E-state index contributed by atoms with van der Waals surface area (Å²) in [5, 5.41) is 16.1. The molecule has 0 unspecified atom stereocenters. The van der Waals surface area contributed by atoms with Gasteiger partial charge in [-0.25, -0.2) is 4.98 Å². The van der Waals surface area contributed by atoms with Crippen LogP contribution in [0, 0.1) is 5.92 Å². The first-order valence-electron chi connectivity index (χ1n) is 10.3. The smallest absolute Gasteiger partial charge is 0.314 e. The fourth-order valence-corrected chi connectivity index (χ4v) is 3.29. The number of carboxylic acids is 1. The molecule has 2 heterocycles. The number of carbonyl (C=O) groups excluding carboxylic acids is 1. The van der Waals surface area contributed by atoms with Gasteiger partial charge in [0.15, 0.2) is 5.78 Å². The summed E-state index contributed by atoms with van der Waals surface area (Å²) in [6.45, 7) is 1.55. The highest BCUT2D eigenvalue weighted by Gasteiger charge is 2.28. The summed E-state index contributed by atoms with van der Waals surface area (Å²) in [5.41, 5.74) is 2.12. The average Bonchev–Trinajstić information content (AvgIpc) is 2.80. The van der Waals surface area contributed by atoms with Crippen molar-refractivity contribution >= 4 is 17.6 Å². The Morgan fingerprint density at radius 3 is 2.35 bits per heavy atom. The first-order valence-corrected chi connectivity index (χ1v) is 10.3. The van der Waals surface area contributed by atoms with Gasteiger partial charge in [0.25, 0.3) is 0 Å². The van der Waals surface area contributed by atoms with Gasteiger partial charge >= 0.3 is 5.97 Å². The lowest BCUT2D eigenvalue weighted by molar-refractivity contribution is -0.140. The largest absolute Gasteiger partial charge is 0.481 e. The summed E-state index contributed by atoms with van der Waals surface area (Å²) in [6.07, 6.45) is 4.21. The fourth-order valence-electron chi connectivity index (χ4n) is 3.29. The molecule has 3 rings (SSSR count). The quantitative estimate of drug-likeness (QED) is 0.235. The number of ketones is 1. The SMILES string of the molecule is O=C(O)[C@@H](CCCNc1ccccn1)C(=O)c1ccccc1CNCc1ccccn1. The number of pyridine rings is 2. The highest BCUT2D eigenvalue weighted by Crippen LogP contribution is 2.19. The van der Waals surface area contributed by atoms with Crippen LogP contribution in [-0.4, -0.2) is 33.4 Å². The molecule has 0 radical (unpaired) electrons. The molecule has 7 heteroatoms. The van der Waals surface area contributed by atoms with Crippen molar-refractivity contribution in [3.63, 3.8) is 0 Å². The molecule has 1 atom stereocenters. The van der Waals surface area contributed by atoms with Crippen molar-refractivity contribution in [1.82, 2.24) is 15.3 Å². The van der Waals surface area contributed by atoms with Gasteiger partial charge in [-0.05, 0) is 42.7 Å². The Bertz CT molecular complexity index is 980. The van der Waals surface area contributed by atoms with Gasteiger partial charge in [0.2, 0.25) is 0 Å². The Hall–Kier alpha value is -3.58. The number of hydrogen-bond acceptors (Lipinski definition) is 6. The van der Waals surface area contributed by atoms with Crippen molar-refractivity contribution < 1.29 is 14.7 Å². The number of nitrogens with zero attached hydrogens (tertiary/aromatic N) is 2. The summed E-state index contributed by atoms with van der Waals surface area (Å²) < 4.78 is 0. The standard InChI is InChI=1S/C24H26N4O3/c29-23(21(24(30)31)11-7-15-28-22-12-4-6-14-27-22)20-10-2-1-8-18(20)16-25-17-19-9-3-5-13-26-19/h1-6,8-10,12-14,21,25H,7,11,15-17H2,(H,27,28)(H,30,31)/t21-/m0/s1. The monoisotopic (exact) mass is 418 g/mol. The summed E-state index contributed by atoms with van der Waals surface area (Å²) in [4.78, 5) is 33.3. The number of carboxylic acid groups (broad SMARTS) is 1. The molecule has 0 spiro atoms. The third-order valence-electron chi connectivity index (χ3n) is 4.89. The maximum atomic E-state index is 13.1. The van der Waals surface area contributed by atoms with Crippen molar-refractivity contribution in [3.05, 3.63) is 89.9 Å². The van der Waals surface area contributed by atoms with Gasteiger partial charge in [0.1, 0.15) is 11.7 Å². The molecule has 0 aliphatic rings. The van der Waals surface area contributed by atoms with Crippen molar-refractivity contribution in [3.8, 4) is 0 Å². The third-order valence-corrected chi connectivity index (χ3v) is 4.89. The lowest BCUT2D eigenvalue weighted by Gasteiger charge is -2.15. The van der Waals surface area contributed by atoms with Gasteiger partial charge in [-0.2, -0.15) is 0 Å². The zero-order valence-electron chi connectivity index (χ0n) is 17.2. The number of aromatic nitrogens is 2. The number of rotatable bonds is 12. The van der Waals surface area contributed by atoms with Crippen molar-refractivity contribution in [2.75, 3.05) is 11.9 Å². The molecule has 7 nitrogen and oxygen atoms in total. The van der Waals surface area contributed by atoms with Crippen LogP contribution in [0.15, 0.2) is 73.1 Å². The lowest BCUT2D eigenvalue weighted by atomic mass is 9.90. The molecule has 2 aromatic heterocycles.